The van der Waals surface area contributed by atoms with E-state index in [1.165, 1.54) is 0 Å². The van der Waals surface area contributed by atoms with Crippen LogP contribution in [0.2, 0.25) is 0 Å². The molecule has 1 aliphatic rings. The normalized spacial score (nSPS) is 19.2. The van der Waals surface area contributed by atoms with Crippen LogP contribution in [0.15, 0.2) is 24.3 Å². The predicted octanol–water partition coefficient (Wildman–Crippen LogP) is 1.40. The van der Waals surface area contributed by atoms with E-state index < -0.39 is 11.9 Å². The summed E-state index contributed by atoms with van der Waals surface area (Å²) in [6.45, 7) is 4.14. The standard InChI is InChI=1S/C11H15NO.C2H2O4/c1-11(2)7-9(12)8-5-3-4-6-10(8)13-11;3-1(4)2(5)6/h3-6,9H,7,12H2,1-2H3;(H,3,4)(H,5,6). The van der Waals surface area contributed by atoms with Gasteiger partial charge in [-0.1, -0.05) is 18.2 Å². The Morgan fingerprint density at radius 2 is 1.79 bits per heavy atom. The van der Waals surface area contributed by atoms with Crippen molar-refractivity contribution in [3.8, 4) is 5.75 Å². The maximum Gasteiger partial charge on any atom is 0.414 e. The van der Waals surface area contributed by atoms with Gasteiger partial charge in [-0.3, -0.25) is 0 Å². The molecule has 0 aromatic heterocycles. The molecule has 0 aliphatic carbocycles. The van der Waals surface area contributed by atoms with Crippen LogP contribution in [0.3, 0.4) is 0 Å². The Labute approximate surface area is 110 Å². The lowest BCUT2D eigenvalue weighted by Crippen LogP contribution is -2.37. The van der Waals surface area contributed by atoms with Gasteiger partial charge in [-0.15, -0.1) is 0 Å². The van der Waals surface area contributed by atoms with Gasteiger partial charge >= 0.3 is 11.9 Å². The fourth-order valence-corrected chi connectivity index (χ4v) is 1.86. The fourth-order valence-electron chi connectivity index (χ4n) is 1.86. The van der Waals surface area contributed by atoms with Gasteiger partial charge in [0.05, 0.1) is 0 Å². The number of carbonyl (C=O) groups is 2. The lowest BCUT2D eigenvalue weighted by Gasteiger charge is -2.35. The zero-order valence-corrected chi connectivity index (χ0v) is 10.8. The summed E-state index contributed by atoms with van der Waals surface area (Å²) in [6, 6.07) is 8.11. The van der Waals surface area contributed by atoms with Gasteiger partial charge in [0.15, 0.2) is 0 Å². The molecule has 19 heavy (non-hydrogen) atoms. The van der Waals surface area contributed by atoms with Crippen molar-refractivity contribution < 1.29 is 24.5 Å². The first kappa shape index (κ1) is 15.0. The molecule has 1 aliphatic heterocycles. The van der Waals surface area contributed by atoms with Crippen LogP contribution in [0.1, 0.15) is 31.9 Å². The second-order valence-corrected chi connectivity index (χ2v) is 4.82. The third-order valence-electron chi connectivity index (χ3n) is 2.60. The average Bonchev–Trinajstić information content (AvgIpc) is 2.28. The molecule has 2 rings (SSSR count). The largest absolute Gasteiger partial charge is 0.487 e. The number of nitrogens with two attached hydrogens (primary N) is 1. The van der Waals surface area contributed by atoms with Gasteiger partial charge in [0.25, 0.3) is 0 Å². The van der Waals surface area contributed by atoms with E-state index in [0.29, 0.717) is 0 Å². The number of fused-ring (bicyclic) bond motifs is 1. The van der Waals surface area contributed by atoms with Gasteiger partial charge < -0.3 is 20.7 Å². The van der Waals surface area contributed by atoms with Crippen LogP contribution in [-0.4, -0.2) is 27.8 Å². The van der Waals surface area contributed by atoms with E-state index in [0.717, 1.165) is 17.7 Å². The molecule has 1 heterocycles. The first-order chi connectivity index (χ1) is 8.73. The van der Waals surface area contributed by atoms with Crippen LogP contribution in [-0.2, 0) is 9.59 Å². The fraction of sp³-hybridized carbons (Fsp3) is 0.385. The smallest absolute Gasteiger partial charge is 0.414 e. The maximum atomic E-state index is 9.10. The van der Waals surface area contributed by atoms with Crippen molar-refractivity contribution in [3.63, 3.8) is 0 Å². The topological polar surface area (TPSA) is 110 Å². The van der Waals surface area contributed by atoms with E-state index in [-0.39, 0.29) is 11.6 Å². The molecule has 1 aromatic carbocycles. The number of rotatable bonds is 0. The monoisotopic (exact) mass is 267 g/mol. The van der Waals surface area contributed by atoms with E-state index in [2.05, 4.69) is 13.8 Å². The first-order valence-corrected chi connectivity index (χ1v) is 5.72. The number of carboxylic acids is 2. The number of para-hydroxylation sites is 1. The van der Waals surface area contributed by atoms with E-state index in [1.807, 2.05) is 24.3 Å². The Bertz CT molecular complexity index is 472. The molecule has 6 nitrogen and oxygen atoms in total. The van der Waals surface area contributed by atoms with E-state index in [4.69, 9.17) is 30.3 Å². The predicted molar refractivity (Wildman–Crippen MR) is 68.0 cm³/mol. The van der Waals surface area contributed by atoms with Crippen LogP contribution in [0.4, 0.5) is 0 Å². The van der Waals surface area contributed by atoms with Gasteiger partial charge in [-0.2, -0.15) is 0 Å². The third-order valence-corrected chi connectivity index (χ3v) is 2.60. The van der Waals surface area contributed by atoms with E-state index in [9.17, 15) is 0 Å². The number of benzene rings is 1. The van der Waals surface area contributed by atoms with E-state index in [1.54, 1.807) is 0 Å². The van der Waals surface area contributed by atoms with Crippen molar-refractivity contribution >= 4 is 11.9 Å². The van der Waals surface area contributed by atoms with Gasteiger partial charge in [-0.25, -0.2) is 9.59 Å². The SMILES string of the molecule is CC1(C)CC(N)c2ccccc2O1.O=C(O)C(=O)O. The second-order valence-electron chi connectivity index (χ2n) is 4.82. The van der Waals surface area contributed by atoms with Crippen LogP contribution < -0.4 is 10.5 Å². The molecule has 1 unspecified atom stereocenters. The van der Waals surface area contributed by atoms with Gasteiger partial charge in [0.2, 0.25) is 0 Å². The zero-order chi connectivity index (χ0) is 14.6. The Hall–Kier alpha value is -2.08. The molecule has 0 amide bonds. The highest BCUT2D eigenvalue weighted by molar-refractivity contribution is 6.27. The highest BCUT2D eigenvalue weighted by atomic mass is 16.5. The Morgan fingerprint density at radius 3 is 2.32 bits per heavy atom. The summed E-state index contributed by atoms with van der Waals surface area (Å²) in [5.41, 5.74) is 7.04. The number of hydrogen-bond acceptors (Lipinski definition) is 4. The first-order valence-electron chi connectivity index (χ1n) is 5.72. The molecule has 0 fully saturated rings. The summed E-state index contributed by atoms with van der Waals surface area (Å²) in [6.07, 6.45) is 0.879. The molecular weight excluding hydrogens is 250 g/mol. The minimum Gasteiger partial charge on any atom is -0.487 e. The lowest BCUT2D eigenvalue weighted by molar-refractivity contribution is -0.159. The summed E-state index contributed by atoms with van der Waals surface area (Å²) in [5.74, 6) is -2.71. The minimum absolute atomic E-state index is 0.111. The molecular formula is C13H17NO5. The summed E-state index contributed by atoms with van der Waals surface area (Å²) in [7, 11) is 0. The van der Waals surface area contributed by atoms with E-state index >= 15 is 0 Å². The molecule has 104 valence electrons. The molecule has 0 saturated carbocycles. The molecule has 0 saturated heterocycles. The number of aliphatic carboxylic acids is 2. The lowest BCUT2D eigenvalue weighted by atomic mass is 9.90. The second kappa shape index (κ2) is 5.71. The molecule has 6 heteroatoms. The number of ether oxygens (including phenoxy) is 1. The zero-order valence-electron chi connectivity index (χ0n) is 10.8. The Morgan fingerprint density at radius 1 is 1.26 bits per heavy atom. The molecule has 1 atom stereocenters. The Balaban J connectivity index is 0.000000258. The highest BCUT2D eigenvalue weighted by Gasteiger charge is 2.31. The molecule has 0 radical (unpaired) electrons. The van der Waals surface area contributed by atoms with Crippen molar-refractivity contribution in [1.29, 1.82) is 0 Å². The van der Waals surface area contributed by atoms with Crippen LogP contribution in [0.25, 0.3) is 0 Å². The summed E-state index contributed by atoms with van der Waals surface area (Å²) >= 11 is 0. The van der Waals surface area contributed by atoms with Gasteiger partial charge in [0.1, 0.15) is 11.4 Å². The van der Waals surface area contributed by atoms with Crippen molar-refractivity contribution in [2.24, 2.45) is 5.73 Å². The molecule has 0 spiro atoms. The van der Waals surface area contributed by atoms with Gasteiger partial charge in [-0.05, 0) is 19.9 Å². The average molecular weight is 267 g/mol. The molecule has 4 N–H and O–H groups in total. The summed E-state index contributed by atoms with van der Waals surface area (Å²) in [5, 5.41) is 14.8. The summed E-state index contributed by atoms with van der Waals surface area (Å²) < 4.78 is 5.81. The van der Waals surface area contributed by atoms with Crippen molar-refractivity contribution in [2.45, 2.75) is 31.9 Å². The minimum atomic E-state index is -1.82. The summed E-state index contributed by atoms with van der Waals surface area (Å²) in [4.78, 5) is 18.2. The molecule has 1 aromatic rings. The number of hydrogen-bond donors (Lipinski definition) is 3. The van der Waals surface area contributed by atoms with Crippen molar-refractivity contribution in [3.05, 3.63) is 29.8 Å². The van der Waals surface area contributed by atoms with Crippen LogP contribution in [0.5, 0.6) is 5.75 Å². The van der Waals surface area contributed by atoms with Crippen LogP contribution >= 0.6 is 0 Å². The Kier molecular flexibility index (Phi) is 4.50. The quantitative estimate of drug-likeness (QED) is 0.613. The highest BCUT2D eigenvalue weighted by Crippen LogP contribution is 2.37. The third kappa shape index (κ3) is 4.26. The molecule has 0 bridgehead atoms. The number of carboxylic acid groups (broad SMARTS) is 2. The van der Waals surface area contributed by atoms with Crippen molar-refractivity contribution in [2.75, 3.05) is 0 Å². The van der Waals surface area contributed by atoms with Crippen molar-refractivity contribution in [1.82, 2.24) is 0 Å². The van der Waals surface area contributed by atoms with Gasteiger partial charge in [0, 0.05) is 18.0 Å². The maximum absolute atomic E-state index is 9.10. The van der Waals surface area contributed by atoms with Crippen LogP contribution in [0, 0.1) is 0 Å².